The minimum Gasteiger partial charge on any atom is -0.310 e. The van der Waals surface area contributed by atoms with Gasteiger partial charge in [-0.05, 0) is 50.6 Å². The Bertz CT molecular complexity index is 313. The fraction of sp³-hybridized carbons (Fsp3) is 0.600. The van der Waals surface area contributed by atoms with E-state index >= 15 is 0 Å². The van der Waals surface area contributed by atoms with Gasteiger partial charge >= 0.3 is 0 Å². The number of benzene rings is 1. The zero-order valence-corrected chi connectivity index (χ0v) is 11.2. The smallest absolute Gasteiger partial charge is 0.0406 e. The van der Waals surface area contributed by atoms with E-state index in [1.54, 1.807) is 0 Å². The predicted molar refractivity (Wildman–Crippen MR) is 74.7 cm³/mol. The fourth-order valence-electron chi connectivity index (χ4n) is 2.41. The molecule has 1 saturated carbocycles. The van der Waals surface area contributed by atoms with Gasteiger partial charge in [0.1, 0.15) is 0 Å². The Morgan fingerprint density at radius 3 is 2.47 bits per heavy atom. The van der Waals surface area contributed by atoms with Gasteiger partial charge < -0.3 is 5.32 Å². The summed E-state index contributed by atoms with van der Waals surface area (Å²) in [5.74, 6) is 0.770. The maximum atomic E-state index is 6.01. The number of alkyl halides is 1. The van der Waals surface area contributed by atoms with Crippen molar-refractivity contribution in [2.45, 2.75) is 44.1 Å². The average molecular weight is 252 g/mol. The first-order chi connectivity index (χ1) is 8.35. The Kier molecular flexibility index (Phi) is 4.87. The minimum atomic E-state index is 0.286. The molecule has 1 aromatic rings. The fourth-order valence-corrected chi connectivity index (χ4v) is 2.78. The molecule has 1 aliphatic carbocycles. The Morgan fingerprint density at radius 1 is 1.12 bits per heavy atom. The number of unbranched alkanes of at least 4 members (excludes halogenated alkanes) is 1. The van der Waals surface area contributed by atoms with E-state index in [1.165, 1.54) is 44.1 Å². The molecule has 1 fully saturated rings. The Morgan fingerprint density at radius 2 is 1.88 bits per heavy atom. The van der Waals surface area contributed by atoms with Crippen molar-refractivity contribution in [2.75, 3.05) is 12.4 Å². The van der Waals surface area contributed by atoms with Crippen LogP contribution >= 0.6 is 11.6 Å². The van der Waals surface area contributed by atoms with Crippen LogP contribution in [0.15, 0.2) is 30.3 Å². The quantitative estimate of drug-likeness (QED) is 0.575. The molecule has 0 aliphatic heterocycles. The van der Waals surface area contributed by atoms with Crippen LogP contribution in [0, 0.1) is 0 Å². The van der Waals surface area contributed by atoms with Crippen molar-refractivity contribution in [3.8, 4) is 0 Å². The first kappa shape index (κ1) is 12.9. The van der Waals surface area contributed by atoms with E-state index in [-0.39, 0.29) is 5.54 Å². The zero-order valence-electron chi connectivity index (χ0n) is 10.4. The normalized spacial score (nSPS) is 17.7. The van der Waals surface area contributed by atoms with Crippen LogP contribution < -0.4 is 5.32 Å². The third kappa shape index (κ3) is 3.72. The van der Waals surface area contributed by atoms with Crippen molar-refractivity contribution >= 4 is 11.6 Å². The third-order valence-corrected chi connectivity index (χ3v) is 4.31. The molecule has 17 heavy (non-hydrogen) atoms. The van der Waals surface area contributed by atoms with Crippen molar-refractivity contribution in [1.29, 1.82) is 0 Å². The first-order valence-electron chi connectivity index (χ1n) is 6.70. The van der Waals surface area contributed by atoms with Gasteiger partial charge in [-0.3, -0.25) is 0 Å². The Balaban J connectivity index is 1.58. The molecule has 0 unspecified atom stereocenters. The molecule has 0 radical (unpaired) electrons. The summed E-state index contributed by atoms with van der Waals surface area (Å²) in [4.78, 5) is 0. The molecule has 1 nitrogen and oxygen atoms in total. The van der Waals surface area contributed by atoms with Gasteiger partial charge in [0.05, 0.1) is 0 Å². The van der Waals surface area contributed by atoms with Crippen LogP contribution in [0.2, 0.25) is 0 Å². The standard InChI is InChI=1S/C15H22ClN/c16-13-15(10-6-11-15)17-12-5-4-9-14-7-2-1-3-8-14/h1-3,7-8,17H,4-6,9-13H2. The second kappa shape index (κ2) is 6.42. The summed E-state index contributed by atoms with van der Waals surface area (Å²) in [6, 6.07) is 10.7. The summed E-state index contributed by atoms with van der Waals surface area (Å²) in [6.07, 6.45) is 7.55. The lowest BCUT2D eigenvalue weighted by atomic mass is 9.78. The molecule has 0 aromatic heterocycles. The Hall–Kier alpha value is -0.530. The molecule has 1 aromatic carbocycles. The van der Waals surface area contributed by atoms with E-state index in [9.17, 15) is 0 Å². The average Bonchev–Trinajstić information content (AvgIpc) is 2.33. The van der Waals surface area contributed by atoms with Gasteiger partial charge in [0.2, 0.25) is 0 Å². The third-order valence-electron chi connectivity index (χ3n) is 3.80. The molecule has 1 N–H and O–H groups in total. The highest BCUT2D eigenvalue weighted by Crippen LogP contribution is 2.32. The lowest BCUT2D eigenvalue weighted by molar-refractivity contribution is 0.212. The van der Waals surface area contributed by atoms with Crippen LogP contribution in [-0.4, -0.2) is 18.0 Å². The molecule has 2 heteroatoms. The largest absolute Gasteiger partial charge is 0.310 e. The zero-order chi connectivity index (χ0) is 12.0. The molecule has 0 saturated heterocycles. The Labute approximate surface area is 110 Å². The van der Waals surface area contributed by atoms with Crippen LogP contribution in [0.3, 0.4) is 0 Å². The maximum Gasteiger partial charge on any atom is 0.0406 e. The predicted octanol–water partition coefficient (Wildman–Crippen LogP) is 3.76. The second-order valence-corrected chi connectivity index (χ2v) is 5.40. The number of hydrogen-bond donors (Lipinski definition) is 1. The van der Waals surface area contributed by atoms with Gasteiger partial charge in [-0.2, -0.15) is 0 Å². The van der Waals surface area contributed by atoms with Crippen molar-refractivity contribution in [3.63, 3.8) is 0 Å². The number of aryl methyl sites for hydroxylation is 1. The van der Waals surface area contributed by atoms with Crippen LogP contribution in [0.25, 0.3) is 0 Å². The van der Waals surface area contributed by atoms with Crippen LogP contribution in [-0.2, 0) is 6.42 Å². The SMILES string of the molecule is ClCC1(NCCCCc2ccccc2)CCC1. The van der Waals surface area contributed by atoms with Gasteiger partial charge in [0, 0.05) is 11.4 Å². The summed E-state index contributed by atoms with van der Waals surface area (Å²) >= 11 is 6.01. The molecular weight excluding hydrogens is 230 g/mol. The summed E-state index contributed by atoms with van der Waals surface area (Å²) in [6.45, 7) is 1.11. The monoisotopic (exact) mass is 251 g/mol. The number of hydrogen-bond acceptors (Lipinski definition) is 1. The van der Waals surface area contributed by atoms with Crippen LogP contribution in [0.4, 0.5) is 0 Å². The van der Waals surface area contributed by atoms with Gasteiger partial charge in [0.15, 0.2) is 0 Å². The first-order valence-corrected chi connectivity index (χ1v) is 7.23. The van der Waals surface area contributed by atoms with Crippen LogP contribution in [0.1, 0.15) is 37.7 Å². The van der Waals surface area contributed by atoms with E-state index in [0.717, 1.165) is 12.4 Å². The van der Waals surface area contributed by atoms with Gasteiger partial charge in [-0.25, -0.2) is 0 Å². The molecular formula is C15H22ClN. The highest BCUT2D eigenvalue weighted by molar-refractivity contribution is 6.18. The summed E-state index contributed by atoms with van der Waals surface area (Å²) in [5.41, 5.74) is 1.73. The van der Waals surface area contributed by atoms with Gasteiger partial charge in [0.25, 0.3) is 0 Å². The van der Waals surface area contributed by atoms with E-state index in [4.69, 9.17) is 11.6 Å². The van der Waals surface area contributed by atoms with Crippen molar-refractivity contribution in [2.24, 2.45) is 0 Å². The van der Waals surface area contributed by atoms with Gasteiger partial charge in [-0.15, -0.1) is 11.6 Å². The van der Waals surface area contributed by atoms with Crippen molar-refractivity contribution in [3.05, 3.63) is 35.9 Å². The summed E-state index contributed by atoms with van der Waals surface area (Å²) in [7, 11) is 0. The highest BCUT2D eigenvalue weighted by atomic mass is 35.5. The lowest BCUT2D eigenvalue weighted by Crippen LogP contribution is -2.52. The molecule has 2 rings (SSSR count). The number of rotatable bonds is 7. The van der Waals surface area contributed by atoms with E-state index < -0.39 is 0 Å². The molecule has 0 spiro atoms. The van der Waals surface area contributed by atoms with Crippen LogP contribution in [0.5, 0.6) is 0 Å². The topological polar surface area (TPSA) is 12.0 Å². The summed E-state index contributed by atoms with van der Waals surface area (Å²) in [5, 5.41) is 3.64. The molecule has 0 bridgehead atoms. The van der Waals surface area contributed by atoms with Gasteiger partial charge in [-0.1, -0.05) is 30.3 Å². The van der Waals surface area contributed by atoms with E-state index in [0.29, 0.717) is 0 Å². The molecule has 0 heterocycles. The highest BCUT2D eigenvalue weighted by Gasteiger charge is 2.34. The molecule has 0 atom stereocenters. The van der Waals surface area contributed by atoms with Crippen molar-refractivity contribution in [1.82, 2.24) is 5.32 Å². The van der Waals surface area contributed by atoms with E-state index in [1.807, 2.05) is 0 Å². The minimum absolute atomic E-state index is 0.286. The number of halogens is 1. The molecule has 0 amide bonds. The molecule has 94 valence electrons. The van der Waals surface area contributed by atoms with Crippen molar-refractivity contribution < 1.29 is 0 Å². The molecule has 1 aliphatic rings. The maximum absolute atomic E-state index is 6.01. The van der Waals surface area contributed by atoms with E-state index in [2.05, 4.69) is 35.6 Å². The summed E-state index contributed by atoms with van der Waals surface area (Å²) < 4.78 is 0. The lowest BCUT2D eigenvalue weighted by Gasteiger charge is -2.41. The second-order valence-electron chi connectivity index (χ2n) is 5.14. The number of nitrogens with one attached hydrogen (secondary N) is 1.